The Labute approximate surface area is 92.9 Å². The summed E-state index contributed by atoms with van der Waals surface area (Å²) in [5.74, 6) is 0.802. The third-order valence-corrected chi connectivity index (χ3v) is 3.03. The van der Waals surface area contributed by atoms with E-state index in [2.05, 4.69) is 38.2 Å². The number of nitrogens with zero attached hydrogens (tertiary/aromatic N) is 1. The number of oxime groups is 1. The quantitative estimate of drug-likeness (QED) is 0.283. The van der Waals surface area contributed by atoms with Crippen LogP contribution in [-0.2, 0) is 0 Å². The molecule has 0 aromatic heterocycles. The minimum absolute atomic E-state index is 0.0280. The first-order valence-corrected chi connectivity index (χ1v) is 5.53. The third kappa shape index (κ3) is 5.02. The van der Waals surface area contributed by atoms with Crippen LogP contribution in [0.15, 0.2) is 5.16 Å². The molecule has 90 valence electrons. The van der Waals surface area contributed by atoms with E-state index in [9.17, 15) is 0 Å². The molecule has 4 heteroatoms. The van der Waals surface area contributed by atoms with E-state index in [0.29, 0.717) is 5.92 Å². The highest BCUT2D eigenvalue weighted by molar-refractivity contribution is 5.85. The fourth-order valence-corrected chi connectivity index (χ4v) is 1.15. The second-order valence-electron chi connectivity index (χ2n) is 5.16. The zero-order chi connectivity index (χ0) is 12.1. The van der Waals surface area contributed by atoms with Gasteiger partial charge in [-0.1, -0.05) is 39.8 Å². The van der Waals surface area contributed by atoms with Gasteiger partial charge in [0.15, 0.2) is 5.84 Å². The highest BCUT2D eigenvalue weighted by Crippen LogP contribution is 2.24. The molecule has 15 heavy (non-hydrogen) atoms. The average molecular weight is 215 g/mol. The van der Waals surface area contributed by atoms with Gasteiger partial charge >= 0.3 is 0 Å². The summed E-state index contributed by atoms with van der Waals surface area (Å²) in [7, 11) is 0. The normalized spacial score (nSPS) is 17.5. The average Bonchev–Trinajstić information content (AvgIpc) is 2.16. The van der Waals surface area contributed by atoms with Crippen LogP contribution in [0.5, 0.6) is 0 Å². The molecule has 0 rings (SSSR count). The summed E-state index contributed by atoms with van der Waals surface area (Å²) in [6, 6.07) is -0.0280. The maximum Gasteiger partial charge on any atom is 0.156 e. The van der Waals surface area contributed by atoms with Crippen molar-refractivity contribution < 1.29 is 5.21 Å². The summed E-state index contributed by atoms with van der Waals surface area (Å²) in [4.78, 5) is 0. The molecule has 0 saturated heterocycles. The van der Waals surface area contributed by atoms with Crippen molar-refractivity contribution in [1.29, 1.82) is 0 Å². The van der Waals surface area contributed by atoms with Crippen LogP contribution >= 0.6 is 0 Å². The molecule has 0 spiro atoms. The molecule has 0 aliphatic heterocycles. The Morgan fingerprint density at radius 3 is 2.33 bits per heavy atom. The lowest BCUT2D eigenvalue weighted by molar-refractivity contribution is 0.248. The van der Waals surface area contributed by atoms with E-state index in [1.54, 1.807) is 0 Å². The van der Waals surface area contributed by atoms with Crippen molar-refractivity contribution in [3.8, 4) is 0 Å². The van der Waals surface area contributed by atoms with E-state index in [4.69, 9.17) is 10.9 Å². The van der Waals surface area contributed by atoms with Crippen molar-refractivity contribution in [1.82, 2.24) is 5.32 Å². The Morgan fingerprint density at radius 1 is 1.47 bits per heavy atom. The van der Waals surface area contributed by atoms with Crippen LogP contribution in [0.4, 0.5) is 0 Å². The summed E-state index contributed by atoms with van der Waals surface area (Å²) < 4.78 is 0. The van der Waals surface area contributed by atoms with Gasteiger partial charge < -0.3 is 16.3 Å². The van der Waals surface area contributed by atoms with Crippen LogP contribution in [0.3, 0.4) is 0 Å². The third-order valence-electron chi connectivity index (χ3n) is 3.03. The van der Waals surface area contributed by atoms with Crippen molar-refractivity contribution in [2.75, 3.05) is 6.54 Å². The Kier molecular flexibility index (Phi) is 5.65. The lowest BCUT2D eigenvalue weighted by Gasteiger charge is -2.29. The highest BCUT2D eigenvalue weighted by atomic mass is 16.4. The van der Waals surface area contributed by atoms with E-state index in [1.165, 1.54) is 0 Å². The highest BCUT2D eigenvalue weighted by Gasteiger charge is 2.21. The van der Waals surface area contributed by atoms with Gasteiger partial charge in [-0.15, -0.1) is 0 Å². The van der Waals surface area contributed by atoms with Crippen LogP contribution in [0, 0.1) is 11.3 Å². The smallest absolute Gasteiger partial charge is 0.156 e. The Morgan fingerprint density at radius 2 is 2.00 bits per heavy atom. The topological polar surface area (TPSA) is 70.6 Å². The number of nitrogens with two attached hydrogens (primary N) is 1. The molecule has 2 unspecified atom stereocenters. The number of amidine groups is 1. The van der Waals surface area contributed by atoms with Gasteiger partial charge in [-0.2, -0.15) is 0 Å². The van der Waals surface area contributed by atoms with Gasteiger partial charge in [-0.3, -0.25) is 0 Å². The molecule has 0 radical (unpaired) electrons. The summed E-state index contributed by atoms with van der Waals surface area (Å²) in [6.45, 7) is 11.7. The summed E-state index contributed by atoms with van der Waals surface area (Å²) in [6.07, 6.45) is 0.826. The van der Waals surface area contributed by atoms with Crippen LogP contribution in [0.2, 0.25) is 0 Å². The van der Waals surface area contributed by atoms with Crippen molar-refractivity contribution in [3.05, 3.63) is 0 Å². The first kappa shape index (κ1) is 14.2. The second-order valence-corrected chi connectivity index (χ2v) is 5.16. The number of hydrogen-bond donors (Lipinski definition) is 3. The van der Waals surface area contributed by atoms with Crippen LogP contribution in [0.25, 0.3) is 0 Å². The van der Waals surface area contributed by atoms with Crippen LogP contribution in [-0.4, -0.2) is 23.6 Å². The van der Waals surface area contributed by atoms with Gasteiger partial charge in [0.05, 0.1) is 6.04 Å². The van der Waals surface area contributed by atoms with Gasteiger partial charge in [-0.25, -0.2) is 0 Å². The molecule has 0 bridgehead atoms. The predicted molar refractivity (Wildman–Crippen MR) is 64.1 cm³/mol. The van der Waals surface area contributed by atoms with E-state index >= 15 is 0 Å². The fourth-order valence-electron chi connectivity index (χ4n) is 1.15. The first-order valence-electron chi connectivity index (χ1n) is 5.53. The monoisotopic (exact) mass is 215 g/mol. The Balaban J connectivity index is 4.13. The minimum atomic E-state index is -0.0280. The van der Waals surface area contributed by atoms with E-state index in [-0.39, 0.29) is 17.3 Å². The molecule has 0 heterocycles. The zero-order valence-corrected chi connectivity index (χ0v) is 10.5. The molecular formula is C11H25N3O. The van der Waals surface area contributed by atoms with Crippen molar-refractivity contribution in [2.45, 2.75) is 47.1 Å². The van der Waals surface area contributed by atoms with Crippen LogP contribution < -0.4 is 11.1 Å². The lowest BCUT2D eigenvalue weighted by atomic mass is 9.82. The number of nitrogens with one attached hydrogen (secondary N) is 1. The Hall–Kier alpha value is -0.770. The number of hydrogen-bond acceptors (Lipinski definition) is 3. The molecule has 0 aliphatic carbocycles. The molecule has 4 nitrogen and oxygen atoms in total. The van der Waals surface area contributed by atoms with E-state index in [1.807, 2.05) is 6.92 Å². The first-order chi connectivity index (χ1) is 6.82. The summed E-state index contributed by atoms with van der Waals surface area (Å²) >= 11 is 0. The summed E-state index contributed by atoms with van der Waals surface area (Å²) in [5.41, 5.74) is 5.83. The molecule has 0 fully saturated rings. The van der Waals surface area contributed by atoms with E-state index < -0.39 is 0 Å². The maximum atomic E-state index is 8.58. The predicted octanol–water partition coefficient (Wildman–Crippen LogP) is 1.78. The molecule has 4 N–H and O–H groups in total. The largest absolute Gasteiger partial charge is 0.409 e. The van der Waals surface area contributed by atoms with Crippen LogP contribution in [0.1, 0.15) is 41.0 Å². The lowest BCUT2D eigenvalue weighted by Crippen LogP contribution is -2.44. The van der Waals surface area contributed by atoms with Gasteiger partial charge in [0.25, 0.3) is 0 Å². The van der Waals surface area contributed by atoms with Gasteiger partial charge in [0.2, 0.25) is 0 Å². The minimum Gasteiger partial charge on any atom is -0.409 e. The molecule has 0 saturated carbocycles. The number of rotatable bonds is 5. The van der Waals surface area contributed by atoms with Gasteiger partial charge in [0.1, 0.15) is 0 Å². The van der Waals surface area contributed by atoms with Crippen molar-refractivity contribution in [2.24, 2.45) is 22.2 Å². The SMILES string of the molecule is CCC(NCC(C)C(C)(C)C)C(N)=NO. The standard InChI is InChI=1S/C11H25N3O/c1-6-9(10(12)14-15)13-7-8(2)11(3,4)5/h8-9,13,15H,6-7H2,1-5H3,(H2,12,14). The summed E-state index contributed by atoms with van der Waals surface area (Å²) in [5, 5.41) is 14.9. The van der Waals surface area contributed by atoms with E-state index in [0.717, 1.165) is 13.0 Å². The van der Waals surface area contributed by atoms with Gasteiger partial charge in [-0.05, 0) is 24.3 Å². The molecule has 0 aromatic carbocycles. The van der Waals surface area contributed by atoms with Crippen molar-refractivity contribution in [3.63, 3.8) is 0 Å². The second kappa shape index (κ2) is 5.95. The van der Waals surface area contributed by atoms with Gasteiger partial charge in [0, 0.05) is 0 Å². The fraction of sp³-hybridized carbons (Fsp3) is 0.909. The maximum absolute atomic E-state index is 8.58. The Bertz CT molecular complexity index is 208. The molecule has 0 amide bonds. The molecule has 0 aliphatic rings. The molecule has 0 aromatic rings. The van der Waals surface area contributed by atoms with Crippen molar-refractivity contribution >= 4 is 5.84 Å². The molecular weight excluding hydrogens is 190 g/mol. The zero-order valence-electron chi connectivity index (χ0n) is 10.5. The molecule has 2 atom stereocenters.